The SMILES string of the molecule is CCCN(Cc1ccccc1)C(=O)Cc1coc(-c2ccccc2)n1. The third-order valence-electron chi connectivity index (χ3n) is 3.97. The van der Waals surface area contributed by atoms with E-state index in [0.717, 1.165) is 24.1 Å². The molecule has 2 aromatic carbocycles. The van der Waals surface area contributed by atoms with E-state index in [0.29, 0.717) is 18.1 Å². The Hall–Kier alpha value is -2.88. The Morgan fingerprint density at radius 3 is 2.40 bits per heavy atom. The largest absolute Gasteiger partial charge is 0.444 e. The molecule has 0 unspecified atom stereocenters. The molecule has 0 fully saturated rings. The third kappa shape index (κ3) is 4.57. The Balaban J connectivity index is 1.68. The molecule has 0 atom stereocenters. The van der Waals surface area contributed by atoms with Crippen molar-refractivity contribution in [1.82, 2.24) is 9.88 Å². The van der Waals surface area contributed by atoms with Crippen LogP contribution in [0.5, 0.6) is 0 Å². The van der Waals surface area contributed by atoms with Crippen molar-refractivity contribution in [1.29, 1.82) is 0 Å². The lowest BCUT2D eigenvalue weighted by Gasteiger charge is -2.22. The fourth-order valence-electron chi connectivity index (χ4n) is 2.73. The summed E-state index contributed by atoms with van der Waals surface area (Å²) < 4.78 is 5.53. The van der Waals surface area contributed by atoms with Gasteiger partial charge in [-0.15, -0.1) is 0 Å². The van der Waals surface area contributed by atoms with Crippen LogP contribution in [0.3, 0.4) is 0 Å². The van der Waals surface area contributed by atoms with E-state index in [2.05, 4.69) is 11.9 Å². The van der Waals surface area contributed by atoms with Gasteiger partial charge in [0.1, 0.15) is 6.26 Å². The Labute approximate surface area is 148 Å². The van der Waals surface area contributed by atoms with Gasteiger partial charge in [0.2, 0.25) is 11.8 Å². The van der Waals surface area contributed by atoms with Gasteiger partial charge >= 0.3 is 0 Å². The summed E-state index contributed by atoms with van der Waals surface area (Å²) in [6.45, 7) is 3.43. The van der Waals surface area contributed by atoms with E-state index in [1.807, 2.05) is 65.6 Å². The van der Waals surface area contributed by atoms with Crippen LogP contribution in [-0.2, 0) is 17.8 Å². The normalized spacial score (nSPS) is 10.6. The number of oxazole rings is 1. The molecule has 3 aromatic rings. The van der Waals surface area contributed by atoms with Gasteiger partial charge in [0.15, 0.2) is 0 Å². The van der Waals surface area contributed by atoms with E-state index >= 15 is 0 Å². The van der Waals surface area contributed by atoms with Gasteiger partial charge in [-0.05, 0) is 24.1 Å². The van der Waals surface area contributed by atoms with Crippen molar-refractivity contribution in [2.75, 3.05) is 6.54 Å². The smallest absolute Gasteiger partial charge is 0.229 e. The third-order valence-corrected chi connectivity index (χ3v) is 3.97. The lowest BCUT2D eigenvalue weighted by Crippen LogP contribution is -2.32. The first-order chi connectivity index (χ1) is 12.3. The fourth-order valence-corrected chi connectivity index (χ4v) is 2.73. The molecule has 0 saturated carbocycles. The van der Waals surface area contributed by atoms with Crippen LogP contribution in [-0.4, -0.2) is 22.3 Å². The van der Waals surface area contributed by atoms with Crippen molar-refractivity contribution in [3.63, 3.8) is 0 Å². The Morgan fingerprint density at radius 2 is 1.72 bits per heavy atom. The summed E-state index contributed by atoms with van der Waals surface area (Å²) in [6, 6.07) is 19.8. The summed E-state index contributed by atoms with van der Waals surface area (Å²) in [6.07, 6.45) is 2.75. The topological polar surface area (TPSA) is 46.3 Å². The molecule has 1 heterocycles. The van der Waals surface area contributed by atoms with Crippen molar-refractivity contribution in [2.45, 2.75) is 26.3 Å². The van der Waals surface area contributed by atoms with Crippen LogP contribution >= 0.6 is 0 Å². The fraction of sp³-hybridized carbons (Fsp3) is 0.238. The van der Waals surface area contributed by atoms with Crippen LogP contribution in [0.15, 0.2) is 71.3 Å². The van der Waals surface area contributed by atoms with Gasteiger partial charge in [-0.3, -0.25) is 4.79 Å². The summed E-state index contributed by atoms with van der Waals surface area (Å²) >= 11 is 0. The highest BCUT2D eigenvalue weighted by Crippen LogP contribution is 2.18. The number of aromatic nitrogens is 1. The Kier molecular flexibility index (Phi) is 5.62. The summed E-state index contributed by atoms with van der Waals surface area (Å²) in [5, 5.41) is 0. The summed E-state index contributed by atoms with van der Waals surface area (Å²) in [5.74, 6) is 0.618. The molecule has 0 aliphatic heterocycles. The molecule has 4 nitrogen and oxygen atoms in total. The molecule has 3 rings (SSSR count). The number of hydrogen-bond donors (Lipinski definition) is 0. The minimum Gasteiger partial charge on any atom is -0.444 e. The molecule has 0 bridgehead atoms. The zero-order chi connectivity index (χ0) is 17.5. The predicted octanol–water partition coefficient (Wildman–Crippen LogP) is 4.32. The molecule has 0 N–H and O–H groups in total. The molecule has 1 amide bonds. The first-order valence-corrected chi connectivity index (χ1v) is 8.58. The summed E-state index contributed by atoms with van der Waals surface area (Å²) in [5.41, 5.74) is 2.71. The zero-order valence-electron chi connectivity index (χ0n) is 14.4. The van der Waals surface area contributed by atoms with E-state index in [-0.39, 0.29) is 12.3 Å². The molecule has 0 aliphatic carbocycles. The standard InChI is InChI=1S/C21H22N2O2/c1-2-13-23(15-17-9-5-3-6-10-17)20(24)14-19-16-25-21(22-19)18-11-7-4-8-12-18/h3-12,16H,2,13-15H2,1H3. The van der Waals surface area contributed by atoms with Crippen molar-refractivity contribution in [2.24, 2.45) is 0 Å². The minimum atomic E-state index is 0.0682. The number of hydrogen-bond acceptors (Lipinski definition) is 3. The molecular formula is C21H22N2O2. The van der Waals surface area contributed by atoms with E-state index in [1.54, 1.807) is 6.26 Å². The highest BCUT2D eigenvalue weighted by atomic mass is 16.3. The maximum atomic E-state index is 12.7. The molecule has 0 spiro atoms. The second-order valence-electron chi connectivity index (χ2n) is 5.99. The number of carbonyl (C=O) groups is 1. The highest BCUT2D eigenvalue weighted by molar-refractivity contribution is 5.78. The number of carbonyl (C=O) groups excluding carboxylic acids is 1. The van der Waals surface area contributed by atoms with E-state index in [4.69, 9.17) is 4.42 Å². The van der Waals surface area contributed by atoms with Gasteiger partial charge in [-0.2, -0.15) is 0 Å². The van der Waals surface area contributed by atoms with Crippen LogP contribution < -0.4 is 0 Å². The van der Waals surface area contributed by atoms with E-state index in [9.17, 15) is 4.79 Å². The summed E-state index contributed by atoms with van der Waals surface area (Å²) in [7, 11) is 0. The lowest BCUT2D eigenvalue weighted by atomic mass is 10.2. The molecule has 0 saturated heterocycles. The van der Waals surface area contributed by atoms with Gasteiger partial charge in [0.05, 0.1) is 12.1 Å². The lowest BCUT2D eigenvalue weighted by molar-refractivity contribution is -0.131. The maximum absolute atomic E-state index is 12.7. The molecular weight excluding hydrogens is 312 g/mol. The van der Waals surface area contributed by atoms with Gasteiger partial charge in [-0.1, -0.05) is 55.5 Å². The molecule has 0 radical (unpaired) electrons. The maximum Gasteiger partial charge on any atom is 0.229 e. The van der Waals surface area contributed by atoms with Gasteiger partial charge in [0.25, 0.3) is 0 Å². The van der Waals surface area contributed by atoms with Crippen molar-refractivity contribution < 1.29 is 9.21 Å². The molecule has 0 aliphatic rings. The predicted molar refractivity (Wildman–Crippen MR) is 97.8 cm³/mol. The minimum absolute atomic E-state index is 0.0682. The van der Waals surface area contributed by atoms with Crippen molar-refractivity contribution in [3.8, 4) is 11.5 Å². The van der Waals surface area contributed by atoms with Crippen molar-refractivity contribution >= 4 is 5.91 Å². The average Bonchev–Trinajstić information content (AvgIpc) is 3.11. The number of benzene rings is 2. The van der Waals surface area contributed by atoms with Gasteiger partial charge < -0.3 is 9.32 Å². The van der Waals surface area contributed by atoms with Gasteiger partial charge in [-0.25, -0.2) is 4.98 Å². The zero-order valence-corrected chi connectivity index (χ0v) is 14.4. The van der Waals surface area contributed by atoms with Crippen LogP contribution in [0, 0.1) is 0 Å². The first kappa shape index (κ1) is 17.0. The number of nitrogens with zero attached hydrogens (tertiary/aromatic N) is 2. The highest BCUT2D eigenvalue weighted by Gasteiger charge is 2.16. The second-order valence-corrected chi connectivity index (χ2v) is 5.99. The average molecular weight is 334 g/mol. The number of rotatable bonds is 7. The van der Waals surface area contributed by atoms with E-state index in [1.165, 1.54) is 0 Å². The van der Waals surface area contributed by atoms with E-state index < -0.39 is 0 Å². The molecule has 25 heavy (non-hydrogen) atoms. The number of amides is 1. The van der Waals surface area contributed by atoms with Crippen molar-refractivity contribution in [3.05, 3.63) is 78.2 Å². The molecule has 4 heteroatoms. The van der Waals surface area contributed by atoms with Crippen LogP contribution in [0.25, 0.3) is 11.5 Å². The Morgan fingerprint density at radius 1 is 1.04 bits per heavy atom. The van der Waals surface area contributed by atoms with Crippen LogP contribution in [0.2, 0.25) is 0 Å². The van der Waals surface area contributed by atoms with Crippen LogP contribution in [0.4, 0.5) is 0 Å². The summed E-state index contributed by atoms with van der Waals surface area (Å²) in [4.78, 5) is 19.0. The molecule has 128 valence electrons. The first-order valence-electron chi connectivity index (χ1n) is 8.58. The quantitative estimate of drug-likeness (QED) is 0.646. The second kappa shape index (κ2) is 8.29. The van der Waals surface area contributed by atoms with Gasteiger partial charge in [0, 0.05) is 18.7 Å². The molecule has 1 aromatic heterocycles. The Bertz CT molecular complexity index is 797. The van der Waals surface area contributed by atoms with Crippen LogP contribution in [0.1, 0.15) is 24.6 Å². The monoisotopic (exact) mass is 334 g/mol.